The average molecular weight is 222 g/mol. The molecule has 0 amide bonds. The minimum atomic E-state index is 0.0731. The lowest BCUT2D eigenvalue weighted by Crippen LogP contribution is -2.28. The van der Waals surface area contributed by atoms with Crippen molar-refractivity contribution in [3.8, 4) is 0 Å². The summed E-state index contributed by atoms with van der Waals surface area (Å²) in [6.07, 6.45) is 0.924. The van der Waals surface area contributed by atoms with Gasteiger partial charge < -0.3 is 15.7 Å². The Kier molecular flexibility index (Phi) is 5.29. The van der Waals surface area contributed by atoms with E-state index in [1.54, 1.807) is 0 Å². The van der Waals surface area contributed by atoms with E-state index in [0.717, 1.165) is 18.7 Å². The van der Waals surface area contributed by atoms with E-state index in [0.29, 0.717) is 6.54 Å². The summed E-state index contributed by atoms with van der Waals surface area (Å²) in [5, 5.41) is 9.04. The van der Waals surface area contributed by atoms with Crippen molar-refractivity contribution in [3.63, 3.8) is 0 Å². The monoisotopic (exact) mass is 222 g/mol. The van der Waals surface area contributed by atoms with Crippen LogP contribution in [0, 0.1) is 0 Å². The maximum Gasteiger partial charge on any atom is 0.0606 e. The molecule has 3 nitrogen and oxygen atoms in total. The van der Waals surface area contributed by atoms with Gasteiger partial charge in [0.15, 0.2) is 0 Å². The van der Waals surface area contributed by atoms with Crippen LogP contribution in [0.1, 0.15) is 31.9 Å². The molecule has 0 aliphatic rings. The van der Waals surface area contributed by atoms with Crippen LogP contribution in [0.15, 0.2) is 24.3 Å². The summed E-state index contributed by atoms with van der Waals surface area (Å²) in [6, 6.07) is 8.25. The van der Waals surface area contributed by atoms with Crippen LogP contribution in [0.2, 0.25) is 0 Å². The molecule has 0 fully saturated rings. The smallest absolute Gasteiger partial charge is 0.0606 e. The maximum atomic E-state index is 9.04. The second-order valence-electron chi connectivity index (χ2n) is 3.88. The fourth-order valence-electron chi connectivity index (χ4n) is 1.88. The molecule has 0 radical (unpaired) electrons. The molecule has 1 aromatic rings. The van der Waals surface area contributed by atoms with Crippen LogP contribution >= 0.6 is 0 Å². The van der Waals surface area contributed by atoms with Crippen LogP contribution < -0.4 is 10.6 Å². The van der Waals surface area contributed by atoms with Crippen LogP contribution in [-0.4, -0.2) is 24.8 Å². The highest BCUT2D eigenvalue weighted by Gasteiger charge is 2.12. The van der Waals surface area contributed by atoms with Gasteiger partial charge in [-0.3, -0.25) is 0 Å². The lowest BCUT2D eigenvalue weighted by atomic mass is 10.0. The molecule has 16 heavy (non-hydrogen) atoms. The SMILES string of the molecule is CC[C@@H](N)c1ccccc1N(CC)CCO. The predicted molar refractivity (Wildman–Crippen MR) is 68.6 cm³/mol. The zero-order valence-electron chi connectivity index (χ0n) is 10.2. The highest BCUT2D eigenvalue weighted by molar-refractivity contribution is 5.54. The van der Waals surface area contributed by atoms with Crippen molar-refractivity contribution in [2.24, 2.45) is 5.73 Å². The van der Waals surface area contributed by atoms with Gasteiger partial charge in [0.1, 0.15) is 0 Å². The van der Waals surface area contributed by atoms with Gasteiger partial charge in [0.05, 0.1) is 6.61 Å². The number of nitrogens with zero attached hydrogens (tertiary/aromatic N) is 1. The molecular formula is C13H22N2O. The molecule has 1 rings (SSSR count). The molecule has 3 N–H and O–H groups in total. The van der Waals surface area contributed by atoms with Gasteiger partial charge in [-0.2, -0.15) is 0 Å². The zero-order chi connectivity index (χ0) is 12.0. The van der Waals surface area contributed by atoms with E-state index in [1.165, 1.54) is 5.56 Å². The maximum absolute atomic E-state index is 9.04. The second kappa shape index (κ2) is 6.51. The summed E-state index contributed by atoms with van der Waals surface area (Å²) >= 11 is 0. The van der Waals surface area contributed by atoms with Gasteiger partial charge in [0.25, 0.3) is 0 Å². The summed E-state index contributed by atoms with van der Waals surface area (Å²) in [4.78, 5) is 2.16. The first-order valence-electron chi connectivity index (χ1n) is 5.94. The summed E-state index contributed by atoms with van der Waals surface area (Å²) in [5.74, 6) is 0. The van der Waals surface area contributed by atoms with Crippen LogP contribution in [0.3, 0.4) is 0 Å². The lowest BCUT2D eigenvalue weighted by molar-refractivity contribution is 0.302. The van der Waals surface area contributed by atoms with Crippen LogP contribution in [0.25, 0.3) is 0 Å². The number of nitrogens with two attached hydrogens (primary N) is 1. The largest absolute Gasteiger partial charge is 0.395 e. The van der Waals surface area contributed by atoms with Crippen molar-refractivity contribution in [1.82, 2.24) is 0 Å². The summed E-state index contributed by atoms with van der Waals surface area (Å²) in [7, 11) is 0. The first-order valence-corrected chi connectivity index (χ1v) is 5.94. The molecule has 0 aromatic heterocycles. The van der Waals surface area contributed by atoms with Gasteiger partial charge >= 0.3 is 0 Å². The molecule has 0 unspecified atom stereocenters. The van der Waals surface area contributed by atoms with Crippen molar-refractivity contribution in [2.75, 3.05) is 24.6 Å². The first kappa shape index (κ1) is 13.0. The first-order chi connectivity index (χ1) is 7.74. The number of likely N-dealkylation sites (N-methyl/N-ethyl adjacent to an activating group) is 1. The van der Waals surface area contributed by atoms with E-state index in [9.17, 15) is 0 Å². The number of benzene rings is 1. The third kappa shape index (κ3) is 2.97. The molecule has 90 valence electrons. The quantitative estimate of drug-likeness (QED) is 0.773. The van der Waals surface area contributed by atoms with Crippen LogP contribution in [0.4, 0.5) is 5.69 Å². The van der Waals surface area contributed by atoms with Crippen LogP contribution in [0.5, 0.6) is 0 Å². The molecule has 1 aromatic carbocycles. The van der Waals surface area contributed by atoms with Gasteiger partial charge in [-0.15, -0.1) is 0 Å². The van der Waals surface area contributed by atoms with Crippen LogP contribution in [-0.2, 0) is 0 Å². The summed E-state index contributed by atoms with van der Waals surface area (Å²) in [5.41, 5.74) is 8.41. The summed E-state index contributed by atoms with van der Waals surface area (Å²) < 4.78 is 0. The number of rotatable bonds is 6. The van der Waals surface area contributed by atoms with E-state index < -0.39 is 0 Å². The standard InChI is InChI=1S/C13H22N2O/c1-3-12(14)11-7-5-6-8-13(11)15(4-2)9-10-16/h5-8,12,16H,3-4,9-10,14H2,1-2H3/t12-/m1/s1. The van der Waals surface area contributed by atoms with E-state index in [2.05, 4.69) is 30.9 Å². The van der Waals surface area contributed by atoms with Gasteiger partial charge in [0.2, 0.25) is 0 Å². The molecule has 0 heterocycles. The Labute approximate surface area is 97.9 Å². The molecule has 0 saturated carbocycles. The van der Waals surface area contributed by atoms with Gasteiger partial charge in [0, 0.05) is 24.8 Å². The Morgan fingerprint density at radius 1 is 1.31 bits per heavy atom. The average Bonchev–Trinajstić information content (AvgIpc) is 2.35. The van der Waals surface area contributed by atoms with Gasteiger partial charge in [-0.1, -0.05) is 25.1 Å². The van der Waals surface area contributed by atoms with Gasteiger partial charge in [-0.05, 0) is 25.0 Å². The zero-order valence-corrected chi connectivity index (χ0v) is 10.2. The Balaban J connectivity index is 3.00. The van der Waals surface area contributed by atoms with E-state index in [-0.39, 0.29) is 12.6 Å². The second-order valence-corrected chi connectivity index (χ2v) is 3.88. The summed E-state index contributed by atoms with van der Waals surface area (Å²) in [6.45, 7) is 5.88. The molecule has 3 heteroatoms. The van der Waals surface area contributed by atoms with Crippen molar-refractivity contribution in [1.29, 1.82) is 0 Å². The Morgan fingerprint density at radius 2 is 2.00 bits per heavy atom. The number of anilines is 1. The number of hydrogen-bond acceptors (Lipinski definition) is 3. The molecule has 0 aliphatic heterocycles. The highest BCUT2D eigenvalue weighted by Crippen LogP contribution is 2.26. The van der Waals surface area contributed by atoms with Gasteiger partial charge in [-0.25, -0.2) is 0 Å². The van der Waals surface area contributed by atoms with Crippen molar-refractivity contribution in [2.45, 2.75) is 26.3 Å². The normalized spacial score (nSPS) is 12.5. The topological polar surface area (TPSA) is 49.5 Å². The fraction of sp³-hybridized carbons (Fsp3) is 0.538. The van der Waals surface area contributed by atoms with E-state index in [4.69, 9.17) is 10.8 Å². The minimum absolute atomic E-state index is 0.0731. The fourth-order valence-corrected chi connectivity index (χ4v) is 1.88. The highest BCUT2D eigenvalue weighted by atomic mass is 16.3. The third-order valence-electron chi connectivity index (χ3n) is 2.87. The Morgan fingerprint density at radius 3 is 2.56 bits per heavy atom. The number of aliphatic hydroxyl groups excluding tert-OH is 1. The Bertz CT molecular complexity index is 315. The van der Waals surface area contributed by atoms with Crippen molar-refractivity contribution in [3.05, 3.63) is 29.8 Å². The molecule has 0 aliphatic carbocycles. The number of hydrogen-bond donors (Lipinski definition) is 2. The number of aliphatic hydroxyl groups is 1. The molecule has 0 bridgehead atoms. The predicted octanol–water partition coefficient (Wildman–Crippen LogP) is 1.92. The van der Waals surface area contributed by atoms with E-state index >= 15 is 0 Å². The Hall–Kier alpha value is -1.06. The molecular weight excluding hydrogens is 200 g/mol. The molecule has 1 atom stereocenters. The molecule has 0 saturated heterocycles. The molecule has 0 spiro atoms. The third-order valence-corrected chi connectivity index (χ3v) is 2.87. The van der Waals surface area contributed by atoms with Crippen molar-refractivity contribution < 1.29 is 5.11 Å². The van der Waals surface area contributed by atoms with E-state index in [1.807, 2.05) is 12.1 Å². The number of para-hydroxylation sites is 1. The lowest BCUT2D eigenvalue weighted by Gasteiger charge is -2.26. The van der Waals surface area contributed by atoms with Crippen molar-refractivity contribution >= 4 is 5.69 Å². The minimum Gasteiger partial charge on any atom is -0.395 e.